The van der Waals surface area contributed by atoms with Gasteiger partial charge in [-0.1, -0.05) is 29.4 Å². The summed E-state index contributed by atoms with van der Waals surface area (Å²) in [6, 6.07) is 12.4. The number of benzene rings is 2. The van der Waals surface area contributed by atoms with Gasteiger partial charge in [0.05, 0.1) is 11.1 Å². The summed E-state index contributed by atoms with van der Waals surface area (Å²) >= 11 is 0. The molecule has 0 spiro atoms. The van der Waals surface area contributed by atoms with Crippen molar-refractivity contribution < 1.29 is 4.52 Å². The Morgan fingerprint density at radius 2 is 1.78 bits per heavy atom. The van der Waals surface area contributed by atoms with E-state index in [0.717, 1.165) is 17.3 Å². The highest BCUT2D eigenvalue weighted by molar-refractivity contribution is 6.08. The van der Waals surface area contributed by atoms with E-state index in [2.05, 4.69) is 59.1 Å². The molecule has 0 aliphatic carbocycles. The number of aryl methyl sites for hydroxylation is 1. The van der Waals surface area contributed by atoms with Gasteiger partial charge in [0.15, 0.2) is 5.58 Å². The average Bonchev–Trinajstić information content (AvgIpc) is 3.02. The lowest BCUT2D eigenvalue weighted by Crippen LogP contribution is -2.54. The number of hydrogen-bond acceptors (Lipinski definition) is 4. The Labute approximate surface area is 161 Å². The maximum atomic E-state index is 5.62. The Morgan fingerprint density at radius 3 is 2.48 bits per heavy atom. The number of hydrogen-bond donors (Lipinski definition) is 0. The van der Waals surface area contributed by atoms with E-state index in [1.165, 1.54) is 60.7 Å². The lowest BCUT2D eigenvalue weighted by molar-refractivity contribution is 0.0396. The Morgan fingerprint density at radius 1 is 1.07 bits per heavy atom. The van der Waals surface area contributed by atoms with E-state index >= 15 is 0 Å². The molecule has 1 aromatic heterocycles. The van der Waals surface area contributed by atoms with Crippen LogP contribution in [0, 0.1) is 6.92 Å². The summed E-state index contributed by atoms with van der Waals surface area (Å²) in [6.45, 7) is 11.5. The van der Waals surface area contributed by atoms with E-state index < -0.39 is 0 Å². The van der Waals surface area contributed by atoms with Crippen molar-refractivity contribution in [2.45, 2.75) is 51.6 Å². The first-order valence-electron chi connectivity index (χ1n) is 10.4. The van der Waals surface area contributed by atoms with Crippen molar-refractivity contribution in [3.8, 4) is 0 Å². The van der Waals surface area contributed by atoms with Crippen LogP contribution < -0.4 is 0 Å². The van der Waals surface area contributed by atoms with Gasteiger partial charge in [-0.3, -0.25) is 4.90 Å². The molecule has 2 aliphatic heterocycles. The van der Waals surface area contributed by atoms with E-state index in [-0.39, 0.29) is 0 Å². The molecule has 0 radical (unpaired) electrons. The minimum Gasteiger partial charge on any atom is -0.356 e. The molecule has 5 rings (SSSR count). The summed E-state index contributed by atoms with van der Waals surface area (Å²) in [6.07, 6.45) is 2.62. The number of piperidine rings is 1. The fourth-order valence-corrected chi connectivity index (χ4v) is 5.10. The van der Waals surface area contributed by atoms with E-state index in [1.807, 2.05) is 6.92 Å². The van der Waals surface area contributed by atoms with Gasteiger partial charge >= 0.3 is 0 Å². The van der Waals surface area contributed by atoms with E-state index in [1.54, 1.807) is 0 Å². The highest BCUT2D eigenvalue weighted by atomic mass is 16.5. The zero-order valence-electron chi connectivity index (χ0n) is 16.6. The molecule has 0 unspecified atom stereocenters. The van der Waals surface area contributed by atoms with Gasteiger partial charge in [-0.15, -0.1) is 0 Å². The van der Waals surface area contributed by atoms with Crippen molar-refractivity contribution in [2.24, 2.45) is 0 Å². The van der Waals surface area contributed by atoms with Crippen molar-refractivity contribution in [3.63, 3.8) is 0 Å². The number of rotatable bonds is 3. The number of aromatic nitrogens is 1. The SMILES string of the molecule is Cc1noc2cc(C3CN(C4CCN(C(C)C)CC4)C3)c3ccccc3c12. The molecular formula is C23H29N3O. The highest BCUT2D eigenvalue weighted by Gasteiger charge is 2.36. The first kappa shape index (κ1) is 17.2. The third kappa shape index (κ3) is 2.86. The van der Waals surface area contributed by atoms with Crippen molar-refractivity contribution in [2.75, 3.05) is 26.2 Å². The summed E-state index contributed by atoms with van der Waals surface area (Å²) in [5.74, 6) is 0.604. The first-order chi connectivity index (χ1) is 13.1. The minimum absolute atomic E-state index is 0.604. The van der Waals surface area contributed by atoms with Crippen molar-refractivity contribution >= 4 is 21.7 Å². The van der Waals surface area contributed by atoms with Gasteiger partial charge < -0.3 is 9.42 Å². The predicted molar refractivity (Wildman–Crippen MR) is 110 cm³/mol. The second kappa shape index (κ2) is 6.61. The van der Waals surface area contributed by atoms with E-state index in [4.69, 9.17) is 4.52 Å². The molecule has 0 amide bonds. The molecule has 142 valence electrons. The predicted octanol–water partition coefficient (Wildman–Crippen LogP) is 4.56. The summed E-state index contributed by atoms with van der Waals surface area (Å²) in [7, 11) is 0. The van der Waals surface area contributed by atoms with Crippen LogP contribution in [0.3, 0.4) is 0 Å². The van der Waals surface area contributed by atoms with Crippen LogP contribution in [-0.4, -0.2) is 53.2 Å². The molecule has 0 N–H and O–H groups in total. The standard InChI is InChI=1S/C23H29N3O/c1-15(2)25-10-8-18(9-11-25)26-13-17(14-26)21-12-22-23(16(3)24-27-22)20-7-5-4-6-19(20)21/h4-7,12,15,17-18H,8-11,13-14H2,1-3H3. The molecule has 2 fully saturated rings. The smallest absolute Gasteiger partial charge is 0.168 e. The van der Waals surface area contributed by atoms with Gasteiger partial charge in [0.25, 0.3) is 0 Å². The second-order valence-electron chi connectivity index (χ2n) is 8.66. The van der Waals surface area contributed by atoms with Gasteiger partial charge in [0.2, 0.25) is 0 Å². The lowest BCUT2D eigenvalue weighted by Gasteiger charge is -2.48. The zero-order chi connectivity index (χ0) is 18.5. The van der Waals surface area contributed by atoms with Crippen LogP contribution in [0.1, 0.15) is 43.9 Å². The van der Waals surface area contributed by atoms with Crippen molar-refractivity contribution in [1.29, 1.82) is 0 Å². The Kier molecular flexibility index (Phi) is 4.21. The van der Waals surface area contributed by atoms with Gasteiger partial charge in [-0.2, -0.15) is 0 Å². The zero-order valence-corrected chi connectivity index (χ0v) is 16.6. The van der Waals surface area contributed by atoms with Crippen LogP contribution in [0.2, 0.25) is 0 Å². The molecule has 2 saturated heterocycles. The topological polar surface area (TPSA) is 32.5 Å². The third-order valence-corrected chi connectivity index (χ3v) is 6.78. The Bertz CT molecular complexity index is 962. The average molecular weight is 364 g/mol. The lowest BCUT2D eigenvalue weighted by atomic mass is 9.84. The fourth-order valence-electron chi connectivity index (χ4n) is 5.10. The fraction of sp³-hybridized carbons (Fsp3) is 0.522. The first-order valence-corrected chi connectivity index (χ1v) is 10.4. The number of nitrogens with zero attached hydrogens (tertiary/aromatic N) is 3. The van der Waals surface area contributed by atoms with Crippen LogP contribution >= 0.6 is 0 Å². The molecule has 0 saturated carbocycles. The number of fused-ring (bicyclic) bond motifs is 3. The van der Waals surface area contributed by atoms with Gasteiger partial charge in [0, 0.05) is 31.1 Å². The van der Waals surface area contributed by atoms with Crippen molar-refractivity contribution in [1.82, 2.24) is 15.0 Å². The maximum Gasteiger partial charge on any atom is 0.168 e. The van der Waals surface area contributed by atoms with Gasteiger partial charge in [-0.25, -0.2) is 0 Å². The number of likely N-dealkylation sites (tertiary alicyclic amines) is 2. The van der Waals surface area contributed by atoms with Crippen molar-refractivity contribution in [3.05, 3.63) is 41.6 Å². The molecule has 27 heavy (non-hydrogen) atoms. The van der Waals surface area contributed by atoms with E-state index in [0.29, 0.717) is 12.0 Å². The highest BCUT2D eigenvalue weighted by Crippen LogP contribution is 2.39. The summed E-state index contributed by atoms with van der Waals surface area (Å²) in [5.41, 5.74) is 3.36. The van der Waals surface area contributed by atoms with Crippen LogP contribution in [-0.2, 0) is 0 Å². The Balaban J connectivity index is 1.37. The normalized spacial score (nSPS) is 20.7. The molecule has 3 heterocycles. The van der Waals surface area contributed by atoms with Crippen LogP contribution in [0.4, 0.5) is 0 Å². The minimum atomic E-state index is 0.604. The molecule has 0 bridgehead atoms. The summed E-state index contributed by atoms with van der Waals surface area (Å²) < 4.78 is 5.62. The van der Waals surface area contributed by atoms with Crippen LogP contribution in [0.15, 0.2) is 34.9 Å². The molecule has 4 nitrogen and oxygen atoms in total. The largest absolute Gasteiger partial charge is 0.356 e. The molecular weight excluding hydrogens is 334 g/mol. The van der Waals surface area contributed by atoms with Gasteiger partial charge in [0.1, 0.15) is 0 Å². The maximum absolute atomic E-state index is 5.62. The molecule has 2 aromatic carbocycles. The second-order valence-corrected chi connectivity index (χ2v) is 8.66. The van der Waals surface area contributed by atoms with Crippen LogP contribution in [0.25, 0.3) is 21.7 Å². The Hall–Kier alpha value is -1.91. The third-order valence-electron chi connectivity index (χ3n) is 6.78. The van der Waals surface area contributed by atoms with Gasteiger partial charge in [-0.05, 0) is 69.1 Å². The summed E-state index contributed by atoms with van der Waals surface area (Å²) in [5, 5.41) is 8.04. The van der Waals surface area contributed by atoms with E-state index in [9.17, 15) is 0 Å². The monoisotopic (exact) mass is 363 g/mol. The molecule has 3 aromatic rings. The quantitative estimate of drug-likeness (QED) is 0.683. The molecule has 4 heteroatoms. The molecule has 2 aliphatic rings. The summed E-state index contributed by atoms with van der Waals surface area (Å²) in [4.78, 5) is 5.31. The van der Waals surface area contributed by atoms with Crippen LogP contribution in [0.5, 0.6) is 0 Å². The molecule has 0 atom stereocenters.